The Labute approximate surface area is 142 Å². The first-order valence-electron chi connectivity index (χ1n) is 7.68. The number of halogens is 3. The minimum absolute atomic E-state index is 0.102. The molecule has 2 N–H and O–H groups in total. The van der Waals surface area contributed by atoms with Gasteiger partial charge in [-0.25, -0.2) is 0 Å². The second-order valence-corrected chi connectivity index (χ2v) is 5.86. The van der Waals surface area contributed by atoms with Crippen LogP contribution in [0.1, 0.15) is 28.0 Å². The number of nitrogens with zero attached hydrogens (tertiary/aromatic N) is 2. The van der Waals surface area contributed by atoms with E-state index in [1.54, 1.807) is 0 Å². The molecule has 1 fully saturated rings. The van der Waals surface area contributed by atoms with Crippen LogP contribution in [0.15, 0.2) is 36.5 Å². The highest BCUT2D eigenvalue weighted by Gasteiger charge is 2.31. The highest BCUT2D eigenvalue weighted by atomic mass is 19.4. The SMILES string of the molecule is N#Cc1cc(C(=O)N[C@H]2CCN(c3ccc(C(F)(F)F)cc3)C2)c[nH]1. The average Bonchev–Trinajstić information content (AvgIpc) is 3.23. The molecule has 1 aromatic carbocycles. The second-order valence-electron chi connectivity index (χ2n) is 5.86. The summed E-state index contributed by atoms with van der Waals surface area (Å²) in [5.41, 5.74) is 0.701. The van der Waals surface area contributed by atoms with Gasteiger partial charge in [0.15, 0.2) is 0 Å². The summed E-state index contributed by atoms with van der Waals surface area (Å²) in [4.78, 5) is 16.8. The van der Waals surface area contributed by atoms with E-state index < -0.39 is 11.7 Å². The van der Waals surface area contributed by atoms with Crippen molar-refractivity contribution >= 4 is 11.6 Å². The predicted octanol–water partition coefficient (Wildman–Crippen LogP) is 2.91. The van der Waals surface area contributed by atoms with E-state index in [0.29, 0.717) is 36.5 Å². The Morgan fingerprint density at radius 1 is 1.32 bits per heavy atom. The van der Waals surface area contributed by atoms with Crippen molar-refractivity contribution in [3.05, 3.63) is 53.3 Å². The molecule has 0 aliphatic carbocycles. The number of alkyl halides is 3. The van der Waals surface area contributed by atoms with E-state index in [-0.39, 0.29) is 11.9 Å². The van der Waals surface area contributed by atoms with Crippen LogP contribution in [0.2, 0.25) is 0 Å². The van der Waals surface area contributed by atoms with Gasteiger partial charge in [-0.15, -0.1) is 0 Å². The molecule has 1 aliphatic rings. The van der Waals surface area contributed by atoms with Crippen molar-refractivity contribution in [2.45, 2.75) is 18.6 Å². The minimum Gasteiger partial charge on any atom is -0.369 e. The Bertz CT molecular complexity index is 805. The molecule has 0 bridgehead atoms. The van der Waals surface area contributed by atoms with E-state index in [9.17, 15) is 18.0 Å². The fraction of sp³-hybridized carbons (Fsp3) is 0.294. The van der Waals surface area contributed by atoms with E-state index in [4.69, 9.17) is 5.26 Å². The molecule has 2 aromatic rings. The molecule has 130 valence electrons. The molecule has 1 aliphatic heterocycles. The minimum atomic E-state index is -4.35. The highest BCUT2D eigenvalue weighted by molar-refractivity contribution is 5.94. The number of nitrogens with one attached hydrogen (secondary N) is 2. The lowest BCUT2D eigenvalue weighted by molar-refractivity contribution is -0.137. The molecule has 5 nitrogen and oxygen atoms in total. The van der Waals surface area contributed by atoms with Crippen molar-refractivity contribution in [3.63, 3.8) is 0 Å². The molecule has 0 unspecified atom stereocenters. The van der Waals surface area contributed by atoms with Crippen molar-refractivity contribution < 1.29 is 18.0 Å². The number of carbonyl (C=O) groups is 1. The molecule has 25 heavy (non-hydrogen) atoms. The normalized spacial score (nSPS) is 17.4. The van der Waals surface area contributed by atoms with Crippen LogP contribution in [0.4, 0.5) is 18.9 Å². The zero-order chi connectivity index (χ0) is 18.0. The van der Waals surface area contributed by atoms with Gasteiger partial charge in [-0.3, -0.25) is 4.79 Å². The first-order valence-corrected chi connectivity index (χ1v) is 7.68. The molecule has 3 rings (SSSR count). The molecule has 1 aromatic heterocycles. The largest absolute Gasteiger partial charge is 0.416 e. The van der Waals surface area contributed by atoms with Crippen LogP contribution in [-0.4, -0.2) is 30.0 Å². The summed E-state index contributed by atoms with van der Waals surface area (Å²) < 4.78 is 37.8. The summed E-state index contributed by atoms with van der Waals surface area (Å²) in [7, 11) is 0. The molecule has 0 saturated carbocycles. The van der Waals surface area contributed by atoms with Gasteiger partial charge in [0.1, 0.15) is 11.8 Å². The van der Waals surface area contributed by atoms with Crippen LogP contribution in [0, 0.1) is 11.3 Å². The van der Waals surface area contributed by atoms with Crippen LogP contribution >= 0.6 is 0 Å². The standard InChI is InChI=1S/C17H15F3N4O/c18-17(19,20)12-1-3-15(4-2-12)24-6-5-13(10-24)23-16(25)11-7-14(8-21)22-9-11/h1-4,7,9,13,22H,5-6,10H2,(H,23,25)/t13-/m0/s1. The topological polar surface area (TPSA) is 71.9 Å². The number of rotatable bonds is 3. The monoisotopic (exact) mass is 348 g/mol. The van der Waals surface area contributed by atoms with E-state index >= 15 is 0 Å². The van der Waals surface area contributed by atoms with Gasteiger partial charge in [0.25, 0.3) is 5.91 Å². The number of hydrogen-bond donors (Lipinski definition) is 2. The van der Waals surface area contributed by atoms with Gasteiger partial charge in [0, 0.05) is 31.0 Å². The third kappa shape index (κ3) is 3.76. The lowest BCUT2D eigenvalue weighted by atomic mass is 10.2. The zero-order valence-corrected chi connectivity index (χ0v) is 13.1. The van der Waals surface area contributed by atoms with Crippen molar-refractivity contribution in [2.24, 2.45) is 0 Å². The maximum atomic E-state index is 12.6. The number of hydrogen-bond acceptors (Lipinski definition) is 3. The number of aromatic amines is 1. The first kappa shape index (κ1) is 16.9. The summed E-state index contributed by atoms with van der Waals surface area (Å²) in [6.07, 6.45) is -2.18. The maximum absolute atomic E-state index is 12.6. The highest BCUT2D eigenvalue weighted by Crippen LogP contribution is 2.31. The molecule has 2 heterocycles. The fourth-order valence-corrected chi connectivity index (χ4v) is 2.83. The van der Waals surface area contributed by atoms with Gasteiger partial charge in [-0.05, 0) is 36.8 Å². The van der Waals surface area contributed by atoms with E-state index in [1.165, 1.54) is 24.4 Å². The molecule has 1 amide bonds. The number of carbonyl (C=O) groups excluding carboxylic acids is 1. The number of aromatic nitrogens is 1. The summed E-state index contributed by atoms with van der Waals surface area (Å²) >= 11 is 0. The van der Waals surface area contributed by atoms with E-state index in [2.05, 4.69) is 10.3 Å². The third-order valence-electron chi connectivity index (χ3n) is 4.15. The van der Waals surface area contributed by atoms with Crippen LogP contribution in [0.3, 0.4) is 0 Å². The number of anilines is 1. The van der Waals surface area contributed by atoms with Gasteiger partial charge in [-0.1, -0.05) is 0 Å². The lowest BCUT2D eigenvalue weighted by Gasteiger charge is -2.19. The zero-order valence-electron chi connectivity index (χ0n) is 13.1. The van der Waals surface area contributed by atoms with E-state index in [0.717, 1.165) is 12.1 Å². The quantitative estimate of drug-likeness (QED) is 0.896. The van der Waals surface area contributed by atoms with Crippen molar-refractivity contribution in [1.82, 2.24) is 10.3 Å². The van der Waals surface area contributed by atoms with Crippen molar-refractivity contribution in [2.75, 3.05) is 18.0 Å². The average molecular weight is 348 g/mol. The molecule has 8 heteroatoms. The van der Waals surface area contributed by atoms with Gasteiger partial charge >= 0.3 is 6.18 Å². The lowest BCUT2D eigenvalue weighted by Crippen LogP contribution is -2.36. The predicted molar refractivity (Wildman–Crippen MR) is 85.0 cm³/mol. The molecule has 0 spiro atoms. The van der Waals surface area contributed by atoms with Crippen molar-refractivity contribution in [3.8, 4) is 6.07 Å². The van der Waals surface area contributed by atoms with Gasteiger partial charge in [0.05, 0.1) is 11.1 Å². The van der Waals surface area contributed by atoms with Gasteiger partial charge in [-0.2, -0.15) is 18.4 Å². The van der Waals surface area contributed by atoms with Crippen LogP contribution in [0.5, 0.6) is 0 Å². The molecule has 0 radical (unpaired) electrons. The van der Waals surface area contributed by atoms with Crippen LogP contribution in [0.25, 0.3) is 0 Å². The van der Waals surface area contributed by atoms with Crippen LogP contribution < -0.4 is 10.2 Å². The third-order valence-corrected chi connectivity index (χ3v) is 4.15. The fourth-order valence-electron chi connectivity index (χ4n) is 2.83. The Hall–Kier alpha value is -2.95. The molecule has 1 atom stereocenters. The number of benzene rings is 1. The number of H-pyrrole nitrogens is 1. The molecular formula is C17H15F3N4O. The van der Waals surface area contributed by atoms with E-state index in [1.807, 2.05) is 11.0 Å². The summed E-state index contributed by atoms with van der Waals surface area (Å²) in [5.74, 6) is -0.281. The Morgan fingerprint density at radius 2 is 2.04 bits per heavy atom. The smallest absolute Gasteiger partial charge is 0.369 e. The Balaban J connectivity index is 1.60. The molecule has 1 saturated heterocycles. The second kappa shape index (κ2) is 6.51. The first-order chi connectivity index (χ1) is 11.9. The number of nitriles is 1. The van der Waals surface area contributed by atoms with Gasteiger partial charge < -0.3 is 15.2 Å². The van der Waals surface area contributed by atoms with Crippen molar-refractivity contribution in [1.29, 1.82) is 5.26 Å². The maximum Gasteiger partial charge on any atom is 0.416 e. The summed E-state index contributed by atoms with van der Waals surface area (Å²) in [5, 5.41) is 11.6. The summed E-state index contributed by atoms with van der Waals surface area (Å²) in [6, 6.07) is 8.29. The Morgan fingerprint density at radius 3 is 2.64 bits per heavy atom. The Kier molecular flexibility index (Phi) is 4.40. The summed E-state index contributed by atoms with van der Waals surface area (Å²) in [6.45, 7) is 1.17. The number of amides is 1. The van der Waals surface area contributed by atoms with Crippen LogP contribution in [-0.2, 0) is 6.18 Å². The molecular weight excluding hydrogens is 333 g/mol. The van der Waals surface area contributed by atoms with Gasteiger partial charge in [0.2, 0.25) is 0 Å².